The lowest BCUT2D eigenvalue weighted by atomic mass is 9.77. The lowest BCUT2D eigenvalue weighted by Crippen LogP contribution is -2.26. The Morgan fingerprint density at radius 1 is 1.11 bits per heavy atom. The van der Waals surface area contributed by atoms with Gasteiger partial charge in [-0.1, -0.05) is 20.8 Å². The van der Waals surface area contributed by atoms with Crippen LogP contribution in [0.3, 0.4) is 0 Å². The molecule has 1 aliphatic rings. The van der Waals surface area contributed by atoms with E-state index >= 15 is 0 Å². The number of rotatable bonds is 1. The molecule has 1 aromatic rings. The van der Waals surface area contributed by atoms with Crippen molar-refractivity contribution in [2.24, 2.45) is 11.3 Å². The lowest BCUT2D eigenvalue weighted by molar-refractivity contribution is 0.220. The molecule has 0 amide bonds. The number of anilines is 1. The summed E-state index contributed by atoms with van der Waals surface area (Å²) in [6, 6.07) is 10.2. The Morgan fingerprint density at radius 2 is 1.79 bits per heavy atom. The van der Waals surface area contributed by atoms with Gasteiger partial charge in [-0.3, -0.25) is 0 Å². The van der Waals surface area contributed by atoms with Crippen molar-refractivity contribution in [1.29, 1.82) is 5.26 Å². The first-order chi connectivity index (χ1) is 9.00. The Hall–Kier alpha value is -1.49. The van der Waals surface area contributed by atoms with Crippen LogP contribution in [-0.2, 0) is 0 Å². The third-order valence-electron chi connectivity index (χ3n) is 4.31. The van der Waals surface area contributed by atoms with Crippen molar-refractivity contribution >= 4 is 5.69 Å². The van der Waals surface area contributed by atoms with Crippen LogP contribution in [0.2, 0.25) is 0 Å². The van der Waals surface area contributed by atoms with Crippen molar-refractivity contribution in [2.75, 3.05) is 18.0 Å². The molecule has 102 valence electrons. The molecule has 0 saturated carbocycles. The second-order valence-corrected chi connectivity index (χ2v) is 6.64. The topological polar surface area (TPSA) is 27.0 Å². The zero-order chi connectivity index (χ0) is 13.9. The maximum atomic E-state index is 8.84. The van der Waals surface area contributed by atoms with Gasteiger partial charge in [-0.05, 0) is 54.9 Å². The summed E-state index contributed by atoms with van der Waals surface area (Å²) in [6.45, 7) is 9.34. The highest BCUT2D eigenvalue weighted by molar-refractivity contribution is 5.49. The van der Waals surface area contributed by atoms with Crippen LogP contribution in [-0.4, -0.2) is 13.1 Å². The summed E-state index contributed by atoms with van der Waals surface area (Å²) in [4.78, 5) is 2.47. The van der Waals surface area contributed by atoms with Crippen LogP contribution in [0, 0.1) is 22.7 Å². The summed E-state index contributed by atoms with van der Waals surface area (Å²) >= 11 is 0. The molecule has 1 unspecified atom stereocenters. The number of hydrogen-bond acceptors (Lipinski definition) is 2. The van der Waals surface area contributed by atoms with Crippen LogP contribution in [0.15, 0.2) is 24.3 Å². The minimum Gasteiger partial charge on any atom is -0.372 e. The first-order valence-corrected chi connectivity index (χ1v) is 7.26. The molecule has 1 atom stereocenters. The molecule has 0 N–H and O–H groups in total. The van der Waals surface area contributed by atoms with Crippen molar-refractivity contribution < 1.29 is 0 Å². The highest BCUT2D eigenvalue weighted by Gasteiger charge is 2.27. The molecule has 0 aromatic heterocycles. The SMILES string of the molecule is CC(C)(C)C1CCCN(c2ccc(C#N)cc2)CC1. The van der Waals surface area contributed by atoms with Gasteiger partial charge in [0.1, 0.15) is 0 Å². The summed E-state index contributed by atoms with van der Waals surface area (Å²) in [5, 5.41) is 8.84. The van der Waals surface area contributed by atoms with Crippen LogP contribution in [0.1, 0.15) is 45.6 Å². The minimum absolute atomic E-state index is 0.417. The molecule has 0 bridgehead atoms. The molecule has 1 heterocycles. The maximum Gasteiger partial charge on any atom is 0.0991 e. The van der Waals surface area contributed by atoms with Gasteiger partial charge in [0.25, 0.3) is 0 Å². The summed E-state index contributed by atoms with van der Waals surface area (Å²) in [5.41, 5.74) is 2.42. The van der Waals surface area contributed by atoms with Gasteiger partial charge >= 0.3 is 0 Å². The van der Waals surface area contributed by atoms with Gasteiger partial charge in [0.2, 0.25) is 0 Å². The zero-order valence-electron chi connectivity index (χ0n) is 12.3. The number of nitrogens with zero attached hydrogens (tertiary/aromatic N) is 2. The smallest absolute Gasteiger partial charge is 0.0991 e. The molecular formula is C17H24N2. The Kier molecular flexibility index (Phi) is 4.14. The second-order valence-electron chi connectivity index (χ2n) is 6.64. The van der Waals surface area contributed by atoms with Gasteiger partial charge in [-0.15, -0.1) is 0 Å². The number of benzene rings is 1. The fourth-order valence-corrected chi connectivity index (χ4v) is 2.97. The van der Waals surface area contributed by atoms with E-state index in [4.69, 9.17) is 5.26 Å². The van der Waals surface area contributed by atoms with E-state index < -0.39 is 0 Å². The van der Waals surface area contributed by atoms with Crippen molar-refractivity contribution in [3.8, 4) is 6.07 Å². The predicted molar refractivity (Wildman–Crippen MR) is 80.2 cm³/mol. The van der Waals surface area contributed by atoms with Crippen LogP contribution in [0.4, 0.5) is 5.69 Å². The molecule has 2 rings (SSSR count). The van der Waals surface area contributed by atoms with Crippen LogP contribution < -0.4 is 4.90 Å². The van der Waals surface area contributed by atoms with Gasteiger partial charge in [-0.2, -0.15) is 5.26 Å². The summed E-state index contributed by atoms with van der Waals surface area (Å²) in [7, 11) is 0. The van der Waals surface area contributed by atoms with Crippen molar-refractivity contribution in [3.05, 3.63) is 29.8 Å². The first kappa shape index (κ1) is 13.9. The summed E-state index contributed by atoms with van der Waals surface area (Å²) < 4.78 is 0. The quantitative estimate of drug-likeness (QED) is 0.752. The normalized spacial score (nSPS) is 20.7. The van der Waals surface area contributed by atoms with E-state index in [-0.39, 0.29) is 0 Å². The molecule has 2 heteroatoms. The van der Waals surface area contributed by atoms with Gasteiger partial charge in [0.15, 0.2) is 0 Å². The zero-order valence-corrected chi connectivity index (χ0v) is 12.3. The van der Waals surface area contributed by atoms with Crippen molar-refractivity contribution in [2.45, 2.75) is 40.0 Å². The van der Waals surface area contributed by atoms with Gasteiger partial charge < -0.3 is 4.90 Å². The monoisotopic (exact) mass is 256 g/mol. The standard InChI is InChI=1S/C17H24N2/c1-17(2,3)15-5-4-11-19(12-10-15)16-8-6-14(13-18)7-9-16/h6-9,15H,4-5,10-12H2,1-3H3. The molecule has 1 fully saturated rings. The highest BCUT2D eigenvalue weighted by Crippen LogP contribution is 2.35. The molecule has 0 spiro atoms. The molecule has 1 aliphatic heterocycles. The summed E-state index contributed by atoms with van der Waals surface area (Å²) in [6.07, 6.45) is 3.86. The van der Waals surface area contributed by atoms with Gasteiger partial charge in [0, 0.05) is 18.8 Å². The van der Waals surface area contributed by atoms with Gasteiger partial charge in [0.05, 0.1) is 11.6 Å². The Morgan fingerprint density at radius 3 is 2.37 bits per heavy atom. The van der Waals surface area contributed by atoms with Crippen LogP contribution in [0.5, 0.6) is 0 Å². The van der Waals surface area contributed by atoms with E-state index in [0.717, 1.165) is 24.6 Å². The molecular weight excluding hydrogens is 232 g/mol. The largest absolute Gasteiger partial charge is 0.372 e. The Bertz CT molecular complexity index is 448. The molecule has 2 nitrogen and oxygen atoms in total. The van der Waals surface area contributed by atoms with E-state index in [9.17, 15) is 0 Å². The number of nitriles is 1. The molecule has 1 saturated heterocycles. The Balaban J connectivity index is 2.04. The average Bonchev–Trinajstić information content (AvgIpc) is 2.64. The van der Waals surface area contributed by atoms with Crippen LogP contribution >= 0.6 is 0 Å². The summed E-state index contributed by atoms with van der Waals surface area (Å²) in [5.74, 6) is 0.816. The molecule has 0 aliphatic carbocycles. The third kappa shape index (κ3) is 3.50. The molecule has 0 radical (unpaired) electrons. The Labute approximate surface area is 117 Å². The van der Waals surface area contributed by atoms with Crippen molar-refractivity contribution in [1.82, 2.24) is 0 Å². The lowest BCUT2D eigenvalue weighted by Gasteiger charge is -2.30. The van der Waals surface area contributed by atoms with E-state index in [0.29, 0.717) is 5.41 Å². The van der Waals surface area contributed by atoms with Gasteiger partial charge in [-0.25, -0.2) is 0 Å². The predicted octanol–water partition coefficient (Wildman–Crippen LogP) is 4.21. The van der Waals surface area contributed by atoms with E-state index in [1.54, 1.807) is 0 Å². The van der Waals surface area contributed by atoms with E-state index in [2.05, 4.69) is 43.9 Å². The average molecular weight is 256 g/mol. The first-order valence-electron chi connectivity index (χ1n) is 7.26. The molecule has 1 aromatic carbocycles. The fourth-order valence-electron chi connectivity index (χ4n) is 2.97. The maximum absolute atomic E-state index is 8.84. The second kappa shape index (κ2) is 5.65. The number of hydrogen-bond donors (Lipinski definition) is 0. The fraction of sp³-hybridized carbons (Fsp3) is 0.588. The molecule has 19 heavy (non-hydrogen) atoms. The minimum atomic E-state index is 0.417. The third-order valence-corrected chi connectivity index (χ3v) is 4.31. The highest BCUT2D eigenvalue weighted by atomic mass is 15.1. The van der Waals surface area contributed by atoms with Crippen molar-refractivity contribution in [3.63, 3.8) is 0 Å². The van der Waals surface area contributed by atoms with Crippen LogP contribution in [0.25, 0.3) is 0 Å². The van der Waals surface area contributed by atoms with E-state index in [1.807, 2.05) is 12.1 Å². The van der Waals surface area contributed by atoms with E-state index in [1.165, 1.54) is 24.9 Å².